The lowest BCUT2D eigenvalue weighted by Gasteiger charge is -2.33. The summed E-state index contributed by atoms with van der Waals surface area (Å²) in [5.41, 5.74) is 0.864. The fraction of sp³-hybridized carbons (Fsp3) is 0.417. The molecule has 0 radical (unpaired) electrons. The lowest BCUT2D eigenvalue weighted by atomic mass is 10.1. The van der Waals surface area contributed by atoms with Gasteiger partial charge in [-0.2, -0.15) is 0 Å². The summed E-state index contributed by atoms with van der Waals surface area (Å²) in [4.78, 5) is 27.7. The smallest absolute Gasteiger partial charge is 0.244 e. The van der Waals surface area contributed by atoms with Crippen LogP contribution < -0.4 is 9.62 Å². The minimum atomic E-state index is -3.76. The Balaban J connectivity index is 2.31. The maximum Gasteiger partial charge on any atom is 0.244 e. The number of halogens is 1. The minimum Gasteiger partial charge on any atom is -0.350 e. The molecule has 0 saturated heterocycles. The van der Waals surface area contributed by atoms with Gasteiger partial charge in [0.05, 0.1) is 11.9 Å². The first-order valence-corrected chi connectivity index (χ1v) is 12.9. The number of benzene rings is 2. The highest BCUT2D eigenvalue weighted by Crippen LogP contribution is 2.21. The molecule has 0 saturated carbocycles. The van der Waals surface area contributed by atoms with Gasteiger partial charge in [0.25, 0.3) is 0 Å². The summed E-state index contributed by atoms with van der Waals surface area (Å²) in [7, 11) is -3.76. The summed E-state index contributed by atoms with van der Waals surface area (Å²) in [6, 6.07) is 15.0. The van der Waals surface area contributed by atoms with Crippen molar-refractivity contribution in [2.75, 3.05) is 23.7 Å². The van der Waals surface area contributed by atoms with E-state index < -0.39 is 34.1 Å². The topological polar surface area (TPSA) is 86.8 Å². The Bertz CT molecular complexity index is 1050. The van der Waals surface area contributed by atoms with Crippen LogP contribution in [0.1, 0.15) is 33.3 Å². The highest BCUT2D eigenvalue weighted by molar-refractivity contribution is 7.92. The van der Waals surface area contributed by atoms with Gasteiger partial charge in [0, 0.05) is 17.1 Å². The van der Waals surface area contributed by atoms with Gasteiger partial charge in [0.1, 0.15) is 12.6 Å². The fourth-order valence-corrected chi connectivity index (χ4v) is 4.24. The molecule has 2 amide bonds. The molecule has 0 bridgehead atoms. The average Bonchev–Trinajstić information content (AvgIpc) is 2.71. The van der Waals surface area contributed by atoms with E-state index >= 15 is 0 Å². The predicted octanol–water partition coefficient (Wildman–Crippen LogP) is 3.48. The summed E-state index contributed by atoms with van der Waals surface area (Å²) in [5, 5.41) is 3.35. The number of anilines is 1. The van der Waals surface area contributed by atoms with Crippen LogP contribution in [0.5, 0.6) is 0 Å². The highest BCUT2D eigenvalue weighted by Gasteiger charge is 2.31. The number of nitrogens with zero attached hydrogens (tertiary/aromatic N) is 2. The lowest BCUT2D eigenvalue weighted by molar-refractivity contribution is -0.139. The third-order valence-electron chi connectivity index (χ3n) is 4.94. The molecule has 1 N–H and O–H groups in total. The molecule has 0 heterocycles. The Morgan fingerprint density at radius 2 is 1.61 bits per heavy atom. The van der Waals surface area contributed by atoms with Gasteiger partial charge in [-0.3, -0.25) is 13.9 Å². The summed E-state index contributed by atoms with van der Waals surface area (Å²) in [5.74, 6) is -0.774. The van der Waals surface area contributed by atoms with Gasteiger partial charge in [-0.05, 0) is 63.9 Å². The third-order valence-corrected chi connectivity index (χ3v) is 6.34. The van der Waals surface area contributed by atoms with Crippen LogP contribution in [0.2, 0.25) is 5.02 Å². The molecule has 1 atom stereocenters. The third kappa shape index (κ3) is 8.37. The van der Waals surface area contributed by atoms with Gasteiger partial charge in [-0.15, -0.1) is 0 Å². The number of carbonyl (C=O) groups is 2. The van der Waals surface area contributed by atoms with Crippen LogP contribution in [0.3, 0.4) is 0 Å². The van der Waals surface area contributed by atoms with Gasteiger partial charge >= 0.3 is 0 Å². The second kappa shape index (κ2) is 11.0. The van der Waals surface area contributed by atoms with E-state index in [4.69, 9.17) is 11.6 Å². The fourth-order valence-electron chi connectivity index (χ4n) is 3.27. The molecule has 9 heteroatoms. The molecule has 0 fully saturated rings. The number of amides is 2. The summed E-state index contributed by atoms with van der Waals surface area (Å²) < 4.78 is 26.0. The number of hydrogen-bond donors (Lipinski definition) is 1. The molecule has 0 aromatic heterocycles. The SMILES string of the molecule is CC(C(=O)NC(C)(C)C)N(CCc1ccccc1)C(=O)CN(c1ccc(Cl)cc1)S(C)(=O)=O. The molecule has 2 rings (SSSR count). The number of rotatable bonds is 9. The van der Waals surface area contributed by atoms with Crippen molar-refractivity contribution in [2.45, 2.75) is 45.7 Å². The van der Waals surface area contributed by atoms with Crippen molar-refractivity contribution < 1.29 is 18.0 Å². The molecule has 2 aromatic carbocycles. The largest absolute Gasteiger partial charge is 0.350 e. The second-order valence-electron chi connectivity index (χ2n) is 8.98. The van der Waals surface area contributed by atoms with Crippen LogP contribution in [0, 0.1) is 0 Å². The second-order valence-corrected chi connectivity index (χ2v) is 11.3. The van der Waals surface area contributed by atoms with Gasteiger partial charge < -0.3 is 10.2 Å². The summed E-state index contributed by atoms with van der Waals surface area (Å²) in [6.07, 6.45) is 1.57. The molecule has 0 spiro atoms. The maximum absolute atomic E-state index is 13.4. The van der Waals surface area contributed by atoms with Gasteiger partial charge in [-0.25, -0.2) is 8.42 Å². The van der Waals surface area contributed by atoms with Crippen molar-refractivity contribution in [3.05, 3.63) is 65.2 Å². The first-order chi connectivity index (χ1) is 15.3. The average molecular weight is 494 g/mol. The number of sulfonamides is 1. The molecule has 180 valence electrons. The van der Waals surface area contributed by atoms with Crippen LogP contribution in [0.4, 0.5) is 5.69 Å². The van der Waals surface area contributed by atoms with Crippen LogP contribution >= 0.6 is 11.6 Å². The Hall–Kier alpha value is -2.58. The Morgan fingerprint density at radius 1 is 1.03 bits per heavy atom. The molecule has 7 nitrogen and oxygen atoms in total. The zero-order valence-electron chi connectivity index (χ0n) is 19.7. The first-order valence-electron chi connectivity index (χ1n) is 10.7. The van der Waals surface area contributed by atoms with Gasteiger partial charge in [-0.1, -0.05) is 41.9 Å². The first kappa shape index (κ1) is 26.7. The Labute approximate surface area is 201 Å². The van der Waals surface area contributed by atoms with Crippen molar-refractivity contribution in [3.63, 3.8) is 0 Å². The van der Waals surface area contributed by atoms with E-state index in [1.54, 1.807) is 31.2 Å². The predicted molar refractivity (Wildman–Crippen MR) is 133 cm³/mol. The standard InChI is InChI=1S/C24H32ClN3O4S/c1-18(23(30)26-24(2,3)4)27(16-15-19-9-7-6-8-10-19)22(29)17-28(33(5,31)32)21-13-11-20(25)12-14-21/h6-14,18H,15-17H2,1-5H3,(H,26,30). The van der Waals surface area contributed by atoms with Crippen molar-refractivity contribution >= 4 is 39.1 Å². The van der Waals surface area contributed by atoms with Crippen LogP contribution in [0.15, 0.2) is 54.6 Å². The van der Waals surface area contributed by atoms with E-state index in [-0.39, 0.29) is 12.5 Å². The minimum absolute atomic E-state index is 0.264. The zero-order valence-corrected chi connectivity index (χ0v) is 21.3. The van der Waals surface area contributed by atoms with E-state index in [2.05, 4.69) is 5.32 Å². The summed E-state index contributed by atoms with van der Waals surface area (Å²) >= 11 is 5.93. The molecule has 2 aromatic rings. The normalized spacial score (nSPS) is 12.7. The van der Waals surface area contributed by atoms with E-state index in [0.717, 1.165) is 16.1 Å². The molecular formula is C24H32ClN3O4S. The van der Waals surface area contributed by atoms with E-state index in [9.17, 15) is 18.0 Å². The lowest BCUT2D eigenvalue weighted by Crippen LogP contribution is -2.55. The quantitative estimate of drug-likeness (QED) is 0.579. The maximum atomic E-state index is 13.4. The van der Waals surface area contributed by atoms with Gasteiger partial charge in [0.15, 0.2) is 0 Å². The Morgan fingerprint density at radius 3 is 2.12 bits per heavy atom. The van der Waals surface area contributed by atoms with Crippen molar-refractivity contribution in [2.24, 2.45) is 0 Å². The van der Waals surface area contributed by atoms with Crippen molar-refractivity contribution in [3.8, 4) is 0 Å². The Kier molecular flexibility index (Phi) is 8.91. The van der Waals surface area contributed by atoms with E-state index in [1.807, 2.05) is 51.1 Å². The molecule has 0 aliphatic rings. The number of hydrogen-bond acceptors (Lipinski definition) is 4. The van der Waals surface area contributed by atoms with Gasteiger partial charge in [0.2, 0.25) is 21.8 Å². The summed E-state index contributed by atoms with van der Waals surface area (Å²) in [6.45, 7) is 7.07. The molecule has 1 unspecified atom stereocenters. The van der Waals surface area contributed by atoms with Crippen LogP contribution in [-0.2, 0) is 26.0 Å². The van der Waals surface area contributed by atoms with E-state index in [0.29, 0.717) is 17.1 Å². The van der Waals surface area contributed by atoms with E-state index in [1.165, 1.54) is 4.90 Å². The van der Waals surface area contributed by atoms with Crippen molar-refractivity contribution in [1.82, 2.24) is 10.2 Å². The zero-order chi connectivity index (χ0) is 24.8. The van der Waals surface area contributed by atoms with Crippen LogP contribution in [0.25, 0.3) is 0 Å². The van der Waals surface area contributed by atoms with Crippen LogP contribution in [-0.4, -0.2) is 56.1 Å². The monoisotopic (exact) mass is 493 g/mol. The molecular weight excluding hydrogens is 462 g/mol. The number of nitrogens with one attached hydrogen (secondary N) is 1. The molecule has 0 aliphatic carbocycles. The molecule has 0 aliphatic heterocycles. The number of carbonyl (C=O) groups excluding carboxylic acids is 2. The van der Waals surface area contributed by atoms with Crippen molar-refractivity contribution in [1.29, 1.82) is 0 Å². The molecule has 33 heavy (non-hydrogen) atoms. The highest BCUT2D eigenvalue weighted by atomic mass is 35.5.